The van der Waals surface area contributed by atoms with Crippen molar-refractivity contribution in [3.63, 3.8) is 0 Å². The Labute approximate surface area is 84.3 Å². The van der Waals surface area contributed by atoms with E-state index in [0.717, 1.165) is 5.92 Å². The number of hydrogen-bond acceptors (Lipinski definition) is 1. The maximum absolute atomic E-state index is 3.36. The van der Waals surface area contributed by atoms with E-state index in [1.54, 1.807) is 0 Å². The lowest BCUT2D eigenvalue weighted by molar-refractivity contribution is 0.347. The molecule has 0 fully saturated rings. The minimum absolute atomic E-state index is 0.687. The molecule has 0 radical (unpaired) electrons. The largest absolute Gasteiger partial charge is 0.317 e. The van der Waals surface area contributed by atoms with Crippen molar-refractivity contribution in [2.45, 2.75) is 65.3 Å². The zero-order valence-electron chi connectivity index (χ0n) is 9.90. The minimum Gasteiger partial charge on any atom is -0.317 e. The van der Waals surface area contributed by atoms with Crippen molar-refractivity contribution in [3.05, 3.63) is 0 Å². The van der Waals surface area contributed by atoms with E-state index in [0.29, 0.717) is 6.04 Å². The van der Waals surface area contributed by atoms with Gasteiger partial charge in [-0.2, -0.15) is 0 Å². The fourth-order valence-corrected chi connectivity index (χ4v) is 1.88. The highest BCUT2D eigenvalue weighted by Crippen LogP contribution is 2.17. The molecule has 0 bridgehead atoms. The van der Waals surface area contributed by atoms with Gasteiger partial charge in [-0.3, -0.25) is 0 Å². The van der Waals surface area contributed by atoms with Crippen LogP contribution in [0.4, 0.5) is 0 Å². The Morgan fingerprint density at radius 2 is 1.77 bits per heavy atom. The van der Waals surface area contributed by atoms with Gasteiger partial charge in [0.2, 0.25) is 0 Å². The Bertz CT molecular complexity index is 101. The molecular weight excluding hydrogens is 158 g/mol. The summed E-state index contributed by atoms with van der Waals surface area (Å²) in [5.74, 6) is 0.877. The standard InChI is InChI=1S/C12H27N/c1-5-7-8-9-10-12(6-2)11(3)13-4/h11-13H,5-10H2,1-4H3. The monoisotopic (exact) mass is 185 g/mol. The molecule has 0 aromatic heterocycles. The van der Waals surface area contributed by atoms with Gasteiger partial charge in [0.25, 0.3) is 0 Å². The predicted octanol–water partition coefficient (Wildman–Crippen LogP) is 3.59. The molecule has 0 amide bonds. The third kappa shape index (κ3) is 6.09. The summed E-state index contributed by atoms with van der Waals surface area (Å²) in [5, 5.41) is 3.36. The zero-order valence-corrected chi connectivity index (χ0v) is 9.90. The van der Waals surface area contributed by atoms with Gasteiger partial charge in [0.1, 0.15) is 0 Å². The number of unbranched alkanes of at least 4 members (excludes halogenated alkanes) is 3. The molecule has 0 aliphatic carbocycles. The van der Waals surface area contributed by atoms with Crippen molar-refractivity contribution in [1.82, 2.24) is 5.32 Å². The van der Waals surface area contributed by atoms with E-state index in [1.807, 2.05) is 0 Å². The van der Waals surface area contributed by atoms with E-state index in [4.69, 9.17) is 0 Å². The lowest BCUT2D eigenvalue weighted by Crippen LogP contribution is -2.30. The molecule has 0 aliphatic heterocycles. The smallest absolute Gasteiger partial charge is 0.00638 e. The molecule has 0 heterocycles. The molecule has 1 N–H and O–H groups in total. The van der Waals surface area contributed by atoms with Crippen molar-refractivity contribution in [1.29, 1.82) is 0 Å². The Morgan fingerprint density at radius 3 is 2.23 bits per heavy atom. The SMILES string of the molecule is CCCCCCC(CC)C(C)NC. The Hall–Kier alpha value is -0.0400. The molecule has 0 aromatic carbocycles. The van der Waals surface area contributed by atoms with Crippen LogP contribution in [0.1, 0.15) is 59.3 Å². The average Bonchev–Trinajstić information content (AvgIpc) is 2.17. The fraction of sp³-hybridized carbons (Fsp3) is 1.00. The minimum atomic E-state index is 0.687. The third-order valence-electron chi connectivity index (χ3n) is 3.12. The van der Waals surface area contributed by atoms with Crippen LogP contribution in [0.2, 0.25) is 0 Å². The highest BCUT2D eigenvalue weighted by Gasteiger charge is 2.12. The summed E-state index contributed by atoms with van der Waals surface area (Å²) >= 11 is 0. The number of rotatable bonds is 8. The van der Waals surface area contributed by atoms with Gasteiger partial charge in [0.05, 0.1) is 0 Å². The van der Waals surface area contributed by atoms with Crippen LogP contribution < -0.4 is 5.32 Å². The molecule has 2 unspecified atom stereocenters. The molecule has 1 heteroatoms. The molecule has 0 aliphatic rings. The van der Waals surface area contributed by atoms with Crippen molar-refractivity contribution in [2.24, 2.45) is 5.92 Å². The molecule has 0 aromatic rings. The van der Waals surface area contributed by atoms with Crippen LogP contribution >= 0.6 is 0 Å². The van der Waals surface area contributed by atoms with E-state index >= 15 is 0 Å². The molecule has 0 spiro atoms. The van der Waals surface area contributed by atoms with Gasteiger partial charge in [0, 0.05) is 6.04 Å². The van der Waals surface area contributed by atoms with Crippen LogP contribution in [-0.4, -0.2) is 13.1 Å². The van der Waals surface area contributed by atoms with Gasteiger partial charge >= 0.3 is 0 Å². The van der Waals surface area contributed by atoms with Crippen LogP contribution in [0.25, 0.3) is 0 Å². The summed E-state index contributed by atoms with van der Waals surface area (Å²) in [5.41, 5.74) is 0. The van der Waals surface area contributed by atoms with Crippen LogP contribution in [0, 0.1) is 5.92 Å². The fourth-order valence-electron chi connectivity index (χ4n) is 1.88. The van der Waals surface area contributed by atoms with Gasteiger partial charge in [0.15, 0.2) is 0 Å². The Kier molecular flexibility index (Phi) is 8.53. The molecule has 0 saturated carbocycles. The first kappa shape index (κ1) is 13.0. The van der Waals surface area contributed by atoms with Crippen molar-refractivity contribution >= 4 is 0 Å². The maximum atomic E-state index is 3.36. The summed E-state index contributed by atoms with van der Waals surface area (Å²) in [6.45, 7) is 6.87. The Balaban J connectivity index is 3.47. The lowest BCUT2D eigenvalue weighted by atomic mass is 9.92. The average molecular weight is 185 g/mol. The zero-order chi connectivity index (χ0) is 10.1. The van der Waals surface area contributed by atoms with Crippen LogP contribution in [0.3, 0.4) is 0 Å². The van der Waals surface area contributed by atoms with Gasteiger partial charge in [-0.15, -0.1) is 0 Å². The summed E-state index contributed by atoms with van der Waals surface area (Å²) in [7, 11) is 2.07. The van der Waals surface area contributed by atoms with E-state index < -0.39 is 0 Å². The van der Waals surface area contributed by atoms with E-state index in [-0.39, 0.29) is 0 Å². The molecule has 2 atom stereocenters. The summed E-state index contributed by atoms with van der Waals surface area (Å²) < 4.78 is 0. The van der Waals surface area contributed by atoms with Crippen molar-refractivity contribution < 1.29 is 0 Å². The summed E-state index contributed by atoms with van der Waals surface area (Å²) in [4.78, 5) is 0. The number of nitrogens with one attached hydrogen (secondary N) is 1. The predicted molar refractivity (Wildman–Crippen MR) is 61.1 cm³/mol. The second-order valence-corrected chi connectivity index (χ2v) is 4.10. The first-order valence-electron chi connectivity index (χ1n) is 5.93. The third-order valence-corrected chi connectivity index (χ3v) is 3.12. The van der Waals surface area contributed by atoms with Gasteiger partial charge in [-0.1, -0.05) is 46.0 Å². The van der Waals surface area contributed by atoms with E-state index in [9.17, 15) is 0 Å². The highest BCUT2D eigenvalue weighted by atomic mass is 14.9. The molecule has 13 heavy (non-hydrogen) atoms. The van der Waals surface area contributed by atoms with Crippen LogP contribution in [0.5, 0.6) is 0 Å². The molecule has 0 saturated heterocycles. The first-order chi connectivity index (χ1) is 6.26. The van der Waals surface area contributed by atoms with Gasteiger partial charge < -0.3 is 5.32 Å². The summed E-state index contributed by atoms with van der Waals surface area (Å²) in [6, 6.07) is 0.687. The first-order valence-corrected chi connectivity index (χ1v) is 5.93. The van der Waals surface area contributed by atoms with Crippen LogP contribution in [-0.2, 0) is 0 Å². The molecule has 80 valence electrons. The maximum Gasteiger partial charge on any atom is 0.00638 e. The van der Waals surface area contributed by atoms with Gasteiger partial charge in [-0.05, 0) is 26.3 Å². The van der Waals surface area contributed by atoms with Crippen molar-refractivity contribution in [2.75, 3.05) is 7.05 Å². The number of hydrogen-bond donors (Lipinski definition) is 1. The molecule has 0 rings (SSSR count). The topological polar surface area (TPSA) is 12.0 Å². The van der Waals surface area contributed by atoms with E-state index in [2.05, 4.69) is 33.1 Å². The second-order valence-electron chi connectivity index (χ2n) is 4.10. The van der Waals surface area contributed by atoms with Crippen molar-refractivity contribution in [3.8, 4) is 0 Å². The van der Waals surface area contributed by atoms with Crippen LogP contribution in [0.15, 0.2) is 0 Å². The molecular formula is C12H27N. The van der Waals surface area contributed by atoms with Gasteiger partial charge in [-0.25, -0.2) is 0 Å². The molecule has 1 nitrogen and oxygen atoms in total. The van der Waals surface area contributed by atoms with E-state index in [1.165, 1.54) is 38.5 Å². The summed E-state index contributed by atoms with van der Waals surface area (Å²) in [6.07, 6.45) is 8.30. The second kappa shape index (κ2) is 8.55. The highest BCUT2D eigenvalue weighted by molar-refractivity contribution is 4.69. The quantitative estimate of drug-likeness (QED) is 0.570. The Morgan fingerprint density at radius 1 is 1.08 bits per heavy atom. The normalized spacial score (nSPS) is 15.7. The lowest BCUT2D eigenvalue weighted by Gasteiger charge is -2.21.